The summed E-state index contributed by atoms with van der Waals surface area (Å²) in [5.74, 6) is 0.613. The van der Waals surface area contributed by atoms with Gasteiger partial charge in [0, 0.05) is 23.8 Å². The molecule has 1 aliphatic carbocycles. The first-order valence-corrected chi connectivity index (χ1v) is 22.7. The van der Waals surface area contributed by atoms with Gasteiger partial charge in [-0.3, -0.25) is 14.3 Å². The maximum atomic E-state index is 14.4. The summed E-state index contributed by atoms with van der Waals surface area (Å²) in [6, 6.07) is 35.4. The highest BCUT2D eigenvalue weighted by molar-refractivity contribution is 7.44. The van der Waals surface area contributed by atoms with E-state index in [9.17, 15) is 19.6 Å². The van der Waals surface area contributed by atoms with Gasteiger partial charge in [0.05, 0.1) is 38.9 Å². The minimum absolute atomic E-state index is 0.0388. The van der Waals surface area contributed by atoms with Gasteiger partial charge in [0.15, 0.2) is 17.9 Å². The van der Waals surface area contributed by atoms with Crippen LogP contribution in [0.1, 0.15) is 73.0 Å². The number of ether oxygens (including phenoxy) is 6. The van der Waals surface area contributed by atoms with E-state index in [-0.39, 0.29) is 36.2 Å². The third-order valence-corrected chi connectivity index (χ3v) is 14.3. The Balaban J connectivity index is 1.37. The lowest BCUT2D eigenvalue weighted by atomic mass is 9.79. The highest BCUT2D eigenvalue weighted by atomic mass is 31.2. The second-order valence-electron chi connectivity index (χ2n) is 16.7. The zero-order valence-corrected chi connectivity index (χ0v) is 38.2. The van der Waals surface area contributed by atoms with Gasteiger partial charge in [0.1, 0.15) is 41.5 Å². The van der Waals surface area contributed by atoms with Crippen molar-refractivity contribution in [1.82, 2.24) is 14.2 Å². The van der Waals surface area contributed by atoms with Crippen molar-refractivity contribution in [3.63, 3.8) is 0 Å². The van der Waals surface area contributed by atoms with Gasteiger partial charge >= 0.3 is 11.7 Å². The molecule has 1 N–H and O–H groups in total. The average Bonchev–Trinajstić information content (AvgIpc) is 3.81. The number of H-pyrrole nitrogens is 1. The van der Waals surface area contributed by atoms with Gasteiger partial charge in [0.2, 0.25) is 0 Å². The number of nitriles is 1. The summed E-state index contributed by atoms with van der Waals surface area (Å²) in [6.45, 7) is 9.68. The Kier molecular flexibility index (Phi) is 13.4. The van der Waals surface area contributed by atoms with Gasteiger partial charge in [-0.25, -0.2) is 14.3 Å². The van der Waals surface area contributed by atoms with Crippen molar-refractivity contribution in [2.24, 2.45) is 0 Å². The number of esters is 1. The Labute approximate surface area is 378 Å². The zero-order chi connectivity index (χ0) is 46.0. The molecule has 2 saturated heterocycles. The van der Waals surface area contributed by atoms with Gasteiger partial charge in [-0.15, -0.1) is 0 Å². The molecule has 0 radical (unpaired) electrons. The Bertz CT molecular complexity index is 2550. The van der Waals surface area contributed by atoms with Crippen LogP contribution in [-0.2, 0) is 33.6 Å². The molecule has 4 aromatic carbocycles. The first-order chi connectivity index (χ1) is 31.4. The summed E-state index contributed by atoms with van der Waals surface area (Å²) in [5, 5.41) is 9.62. The predicted octanol–water partition coefficient (Wildman–Crippen LogP) is 7.17. The lowest BCUT2D eigenvalue weighted by Crippen LogP contribution is -2.56. The lowest BCUT2D eigenvalue weighted by molar-refractivity contribution is -0.176. The maximum Gasteiger partial charge on any atom is 0.338 e. The number of aryl methyl sites for hydroxylation is 1. The van der Waals surface area contributed by atoms with Crippen LogP contribution in [0.2, 0.25) is 0 Å². The molecule has 3 heterocycles. The van der Waals surface area contributed by atoms with Gasteiger partial charge in [-0.2, -0.15) is 5.26 Å². The predicted molar refractivity (Wildman–Crippen MR) is 240 cm³/mol. The number of aromatic nitrogens is 2. The number of fused-ring (bicyclic) bond motifs is 1. The van der Waals surface area contributed by atoms with Crippen molar-refractivity contribution < 1.29 is 42.3 Å². The Morgan fingerprint density at radius 2 is 1.42 bits per heavy atom. The molecule has 65 heavy (non-hydrogen) atoms. The quantitative estimate of drug-likeness (QED) is 0.0406. The van der Waals surface area contributed by atoms with E-state index in [0.717, 1.165) is 16.7 Å². The molecule has 1 unspecified atom stereocenters. The van der Waals surface area contributed by atoms with Crippen molar-refractivity contribution >= 4 is 14.5 Å². The fourth-order valence-electron chi connectivity index (χ4n) is 9.30. The van der Waals surface area contributed by atoms with Gasteiger partial charge < -0.3 is 37.5 Å². The number of benzene rings is 4. The monoisotopic (exact) mass is 904 g/mol. The number of carbonyl (C=O) groups is 1. The molecule has 15 nitrogen and oxygen atoms in total. The van der Waals surface area contributed by atoms with E-state index >= 15 is 0 Å². The molecule has 2 bridgehead atoms. The van der Waals surface area contributed by atoms with Crippen LogP contribution in [0.25, 0.3) is 0 Å². The van der Waals surface area contributed by atoms with Crippen molar-refractivity contribution in [3.05, 3.63) is 164 Å². The Hall–Kier alpha value is -5.69. The van der Waals surface area contributed by atoms with E-state index in [1.54, 1.807) is 51.5 Å². The maximum absolute atomic E-state index is 14.4. The van der Waals surface area contributed by atoms with Gasteiger partial charge in [-0.1, -0.05) is 72.8 Å². The highest BCUT2D eigenvalue weighted by Gasteiger charge is 2.82. The van der Waals surface area contributed by atoms with E-state index in [2.05, 4.69) is 15.7 Å². The molecule has 5 aromatic rings. The first kappa shape index (κ1) is 45.9. The number of aromatic amines is 1. The molecule has 8 rings (SSSR count). The van der Waals surface area contributed by atoms with Gasteiger partial charge in [-0.05, 0) is 87.7 Å². The fraction of sp³-hybridized carbons (Fsp3) is 0.388. The normalized spacial score (nSPS) is 23.8. The SMILES string of the molecule is COc1ccc(C(O[C@H]2[C@H]3O[C@@H]4[C@H](n5cc(C)c(=O)[nH]c5=O)O[C@H]2[C@]4(OP(OCCC#N)N(C(C)C)C(C)C)[C@@H]3OC(=O)c2ccccc2)(c2ccccc2)c2ccc(OC)cc2)cc1. The van der Waals surface area contributed by atoms with Crippen LogP contribution in [0.3, 0.4) is 0 Å². The minimum atomic E-state index is -2.07. The molecule has 16 heteroatoms. The van der Waals surface area contributed by atoms with Crippen LogP contribution in [-0.4, -0.2) is 89.2 Å². The smallest absolute Gasteiger partial charge is 0.338 e. The summed E-state index contributed by atoms with van der Waals surface area (Å²) >= 11 is 0. The third kappa shape index (κ3) is 8.29. The topological polar surface area (TPSA) is 173 Å². The van der Waals surface area contributed by atoms with Crippen molar-refractivity contribution in [3.8, 4) is 17.6 Å². The number of carbonyl (C=O) groups excluding carboxylic acids is 1. The molecule has 3 fully saturated rings. The summed E-state index contributed by atoms with van der Waals surface area (Å²) in [4.78, 5) is 43.4. The van der Waals surface area contributed by atoms with Crippen LogP contribution in [0.15, 0.2) is 125 Å². The first-order valence-electron chi connectivity index (χ1n) is 21.6. The summed E-state index contributed by atoms with van der Waals surface area (Å²) in [7, 11) is 1.12. The molecular weight excluding hydrogens is 852 g/mol. The number of hydrogen-bond acceptors (Lipinski definition) is 13. The van der Waals surface area contributed by atoms with Crippen LogP contribution < -0.4 is 20.7 Å². The lowest BCUT2D eigenvalue weighted by Gasteiger charge is -2.44. The number of methoxy groups -OCH3 is 2. The molecule has 1 saturated carbocycles. The minimum Gasteiger partial charge on any atom is -0.497 e. The number of nitrogens with one attached hydrogen (secondary N) is 1. The zero-order valence-electron chi connectivity index (χ0n) is 37.3. The molecule has 0 spiro atoms. The molecule has 0 amide bonds. The van der Waals surface area contributed by atoms with Crippen LogP contribution in [0.5, 0.6) is 11.5 Å². The largest absolute Gasteiger partial charge is 0.497 e. The number of nitrogens with zero attached hydrogens (tertiary/aromatic N) is 3. The molecule has 1 aromatic heterocycles. The summed E-state index contributed by atoms with van der Waals surface area (Å²) in [5.41, 5.74) is -1.68. The van der Waals surface area contributed by atoms with Crippen LogP contribution in [0.4, 0.5) is 0 Å². The second kappa shape index (κ2) is 19.0. The average molecular weight is 905 g/mol. The van der Waals surface area contributed by atoms with E-state index in [1.165, 1.54) is 10.8 Å². The molecule has 340 valence electrons. The Morgan fingerprint density at radius 3 is 1.97 bits per heavy atom. The van der Waals surface area contributed by atoms with E-state index in [4.69, 9.17) is 37.5 Å². The standard InChI is InChI=1S/C49H53N4O11P/c1-30(2)53(31(3)4)65(59-28-14-27-50)64-49-41(62-46(55)33-15-10-8-11-16-33)39-40(42(49)61-45(43(49)60-39)52-29-32(5)44(54)51-47(52)56)63-48(34-17-12-9-13-18-34,35-19-23-37(57-6)24-20-35)36-21-25-38(58-7)26-22-36/h8-13,15-26,29-31,39-43,45H,14,28H2,1-7H3,(H,51,54,56)/t39-,40+,41-,42-,43-,45-,49-,65?/m1/s1. The Morgan fingerprint density at radius 1 is 0.846 bits per heavy atom. The fourth-order valence-corrected chi connectivity index (χ4v) is 11.2. The molecular formula is C49H53N4O11P. The highest BCUT2D eigenvalue weighted by Crippen LogP contribution is 2.65. The summed E-state index contributed by atoms with van der Waals surface area (Å²) in [6.07, 6.45) is -5.31. The molecule has 3 aliphatic rings. The van der Waals surface area contributed by atoms with Crippen molar-refractivity contribution in [2.75, 3.05) is 20.8 Å². The number of hydrogen-bond donors (Lipinski definition) is 1. The van der Waals surface area contributed by atoms with Gasteiger partial charge in [0.25, 0.3) is 14.1 Å². The van der Waals surface area contributed by atoms with E-state index in [1.807, 2.05) is 107 Å². The third-order valence-electron chi connectivity index (χ3n) is 12.2. The van der Waals surface area contributed by atoms with E-state index < -0.39 is 73.7 Å². The van der Waals surface area contributed by atoms with Crippen LogP contribution in [0, 0.1) is 18.3 Å². The second-order valence-corrected chi connectivity index (χ2v) is 18.1. The van der Waals surface area contributed by atoms with Crippen LogP contribution >= 0.6 is 8.53 Å². The molecule has 8 atom stereocenters. The molecule has 2 aliphatic heterocycles. The summed E-state index contributed by atoms with van der Waals surface area (Å²) < 4.78 is 57.1. The van der Waals surface area contributed by atoms with E-state index in [0.29, 0.717) is 11.5 Å². The number of rotatable bonds is 18. The van der Waals surface area contributed by atoms with Crippen molar-refractivity contribution in [2.45, 2.75) is 101 Å². The van der Waals surface area contributed by atoms with Crippen molar-refractivity contribution in [1.29, 1.82) is 5.26 Å².